The van der Waals surface area contributed by atoms with E-state index in [1.165, 1.54) is 32.1 Å². The summed E-state index contributed by atoms with van der Waals surface area (Å²) in [7, 11) is -1.10. The highest BCUT2D eigenvalue weighted by molar-refractivity contribution is 6.77. The van der Waals surface area contributed by atoms with E-state index in [0.717, 1.165) is 12.7 Å². The average Bonchev–Trinajstić information content (AvgIpc) is 2.08. The van der Waals surface area contributed by atoms with Crippen LogP contribution in [0.3, 0.4) is 0 Å². The van der Waals surface area contributed by atoms with E-state index in [-0.39, 0.29) is 0 Å². The largest absolute Gasteiger partial charge is 0.303 e. The van der Waals surface area contributed by atoms with Crippen molar-refractivity contribution in [2.75, 3.05) is 0 Å². The van der Waals surface area contributed by atoms with Crippen molar-refractivity contribution in [3.8, 4) is 0 Å². The van der Waals surface area contributed by atoms with Gasteiger partial charge in [-0.2, -0.15) is 0 Å². The van der Waals surface area contributed by atoms with Gasteiger partial charge in [0.15, 0.2) is 0 Å². The molecule has 0 rings (SSSR count). The summed E-state index contributed by atoms with van der Waals surface area (Å²) in [6.07, 6.45) is 8.48. The van der Waals surface area contributed by atoms with Gasteiger partial charge in [0.1, 0.15) is 6.29 Å². The Balaban J connectivity index is 3.80. The van der Waals surface area contributed by atoms with E-state index in [1.54, 1.807) is 0 Å². The minimum absolute atomic E-state index is 0.705. The minimum Gasteiger partial charge on any atom is -0.303 e. The molecular formula is C12H26OSi. The normalized spacial score (nSPS) is 14.0. The molecule has 0 aromatic carbocycles. The highest BCUT2D eigenvalue weighted by atomic mass is 28.3. The molecule has 14 heavy (non-hydrogen) atoms. The zero-order valence-corrected chi connectivity index (χ0v) is 11.3. The highest BCUT2D eigenvalue weighted by Gasteiger charge is 2.25. The molecular weight excluding hydrogens is 188 g/mol. The molecule has 0 bridgehead atoms. The SMILES string of the molecule is CCCCCCC(CC=O)[Si](C)(C)C. The number of hydrogen-bond donors (Lipinski definition) is 0. The van der Waals surface area contributed by atoms with Gasteiger partial charge in [0.05, 0.1) is 0 Å². The van der Waals surface area contributed by atoms with E-state index in [1.807, 2.05) is 0 Å². The van der Waals surface area contributed by atoms with E-state index >= 15 is 0 Å². The van der Waals surface area contributed by atoms with Crippen LogP contribution in [0.1, 0.15) is 45.4 Å². The van der Waals surface area contributed by atoms with Crippen LogP contribution in [0.2, 0.25) is 25.2 Å². The fraction of sp³-hybridized carbons (Fsp3) is 0.917. The van der Waals surface area contributed by atoms with Gasteiger partial charge in [-0.15, -0.1) is 0 Å². The topological polar surface area (TPSA) is 17.1 Å². The average molecular weight is 214 g/mol. The summed E-state index contributed by atoms with van der Waals surface area (Å²) >= 11 is 0. The van der Waals surface area contributed by atoms with Crippen LogP contribution < -0.4 is 0 Å². The van der Waals surface area contributed by atoms with Gasteiger partial charge in [0, 0.05) is 14.5 Å². The zero-order valence-electron chi connectivity index (χ0n) is 10.3. The molecule has 0 aliphatic heterocycles. The summed E-state index contributed by atoms with van der Waals surface area (Å²) < 4.78 is 0. The van der Waals surface area contributed by atoms with Gasteiger partial charge in [-0.25, -0.2) is 0 Å². The second-order valence-electron chi connectivity index (χ2n) is 5.31. The number of carbonyl (C=O) groups is 1. The van der Waals surface area contributed by atoms with Crippen LogP contribution in [-0.4, -0.2) is 14.4 Å². The Morgan fingerprint density at radius 1 is 1.14 bits per heavy atom. The van der Waals surface area contributed by atoms with Gasteiger partial charge in [-0.3, -0.25) is 0 Å². The fourth-order valence-corrected chi connectivity index (χ4v) is 3.71. The maximum Gasteiger partial charge on any atom is 0.119 e. The predicted octanol–water partition coefficient (Wildman–Crippen LogP) is 4.25. The molecule has 1 unspecified atom stereocenters. The molecule has 0 spiro atoms. The first kappa shape index (κ1) is 13.9. The van der Waals surface area contributed by atoms with Crippen LogP contribution in [0, 0.1) is 0 Å². The summed E-state index contributed by atoms with van der Waals surface area (Å²) in [6, 6.07) is 0. The summed E-state index contributed by atoms with van der Waals surface area (Å²) in [5.41, 5.74) is 0.705. The van der Waals surface area contributed by atoms with Gasteiger partial charge in [0.2, 0.25) is 0 Å². The van der Waals surface area contributed by atoms with Crippen molar-refractivity contribution in [1.29, 1.82) is 0 Å². The molecule has 0 aromatic heterocycles. The third-order valence-electron chi connectivity index (χ3n) is 3.01. The Bertz CT molecular complexity index is 149. The third-order valence-corrected chi connectivity index (χ3v) is 5.99. The first-order valence-electron chi connectivity index (χ1n) is 5.96. The Hall–Kier alpha value is -0.113. The lowest BCUT2D eigenvalue weighted by molar-refractivity contribution is -0.107. The lowest BCUT2D eigenvalue weighted by Gasteiger charge is -2.27. The van der Waals surface area contributed by atoms with E-state index in [9.17, 15) is 4.79 Å². The van der Waals surface area contributed by atoms with Crippen LogP contribution in [0.15, 0.2) is 0 Å². The van der Waals surface area contributed by atoms with Crippen LogP contribution in [0.4, 0.5) is 0 Å². The summed E-state index contributed by atoms with van der Waals surface area (Å²) in [5, 5.41) is 0. The maximum atomic E-state index is 10.6. The van der Waals surface area contributed by atoms with Gasteiger partial charge >= 0.3 is 0 Å². The monoisotopic (exact) mass is 214 g/mol. The van der Waals surface area contributed by atoms with E-state index < -0.39 is 8.07 Å². The molecule has 0 aliphatic rings. The lowest BCUT2D eigenvalue weighted by atomic mass is 10.1. The maximum absolute atomic E-state index is 10.6. The standard InChI is InChI=1S/C12H26OSi/c1-5-6-7-8-9-12(10-11-13)14(2,3)4/h11-12H,5-10H2,1-4H3. The van der Waals surface area contributed by atoms with Crippen LogP contribution in [0.5, 0.6) is 0 Å². The van der Waals surface area contributed by atoms with Crippen molar-refractivity contribution in [3.05, 3.63) is 0 Å². The number of hydrogen-bond acceptors (Lipinski definition) is 1. The highest BCUT2D eigenvalue weighted by Crippen LogP contribution is 2.30. The van der Waals surface area contributed by atoms with Crippen LogP contribution >= 0.6 is 0 Å². The molecule has 1 nitrogen and oxygen atoms in total. The Kier molecular flexibility index (Phi) is 7.16. The minimum atomic E-state index is -1.10. The van der Waals surface area contributed by atoms with E-state index in [0.29, 0.717) is 5.54 Å². The van der Waals surface area contributed by atoms with Gasteiger partial charge < -0.3 is 4.79 Å². The zero-order chi connectivity index (χ0) is 11.0. The second kappa shape index (κ2) is 7.21. The summed E-state index contributed by atoms with van der Waals surface area (Å²) in [4.78, 5) is 10.6. The van der Waals surface area contributed by atoms with Crippen molar-refractivity contribution < 1.29 is 4.79 Å². The van der Waals surface area contributed by atoms with Crippen LogP contribution in [-0.2, 0) is 4.79 Å². The van der Waals surface area contributed by atoms with E-state index in [2.05, 4.69) is 26.6 Å². The second-order valence-corrected chi connectivity index (χ2v) is 10.9. The summed E-state index contributed by atoms with van der Waals surface area (Å²) in [5.74, 6) is 0. The van der Waals surface area contributed by atoms with Crippen molar-refractivity contribution in [2.24, 2.45) is 0 Å². The van der Waals surface area contributed by atoms with E-state index in [4.69, 9.17) is 0 Å². The molecule has 1 atom stereocenters. The number of rotatable bonds is 8. The Morgan fingerprint density at radius 2 is 1.79 bits per heavy atom. The first-order chi connectivity index (χ1) is 6.52. The van der Waals surface area contributed by atoms with Crippen molar-refractivity contribution in [2.45, 2.75) is 70.6 Å². The van der Waals surface area contributed by atoms with Gasteiger partial charge in [-0.1, -0.05) is 58.7 Å². The predicted molar refractivity (Wildman–Crippen MR) is 66.5 cm³/mol. The first-order valence-corrected chi connectivity index (χ1v) is 9.53. The van der Waals surface area contributed by atoms with Crippen LogP contribution in [0.25, 0.3) is 0 Å². The molecule has 0 saturated carbocycles. The smallest absolute Gasteiger partial charge is 0.119 e. The quantitative estimate of drug-likeness (QED) is 0.335. The number of carbonyl (C=O) groups excluding carboxylic acids is 1. The van der Waals surface area contributed by atoms with Crippen molar-refractivity contribution in [1.82, 2.24) is 0 Å². The molecule has 84 valence electrons. The Morgan fingerprint density at radius 3 is 2.21 bits per heavy atom. The number of aldehydes is 1. The van der Waals surface area contributed by atoms with Crippen molar-refractivity contribution >= 4 is 14.4 Å². The molecule has 0 heterocycles. The lowest BCUT2D eigenvalue weighted by Crippen LogP contribution is -2.28. The summed E-state index contributed by atoms with van der Waals surface area (Å²) in [6.45, 7) is 9.37. The molecule has 2 heteroatoms. The molecule has 0 amide bonds. The van der Waals surface area contributed by atoms with Crippen molar-refractivity contribution in [3.63, 3.8) is 0 Å². The van der Waals surface area contributed by atoms with Gasteiger partial charge in [-0.05, 0) is 5.54 Å². The molecule has 0 aromatic rings. The molecule has 0 fully saturated rings. The molecule has 0 saturated heterocycles. The Labute approximate surface area is 90.3 Å². The fourth-order valence-electron chi connectivity index (χ4n) is 1.84. The van der Waals surface area contributed by atoms with Gasteiger partial charge in [0.25, 0.3) is 0 Å². The molecule has 0 aliphatic carbocycles. The number of unbranched alkanes of at least 4 members (excludes halogenated alkanes) is 3. The third kappa shape index (κ3) is 6.36. The molecule has 0 N–H and O–H groups in total. The molecule has 0 radical (unpaired) electrons.